The van der Waals surface area contributed by atoms with Crippen molar-refractivity contribution in [3.63, 3.8) is 0 Å². The van der Waals surface area contributed by atoms with E-state index in [4.69, 9.17) is 0 Å². The van der Waals surface area contributed by atoms with Crippen LogP contribution in [0.4, 0.5) is 0 Å². The van der Waals surface area contributed by atoms with Gasteiger partial charge in [0.25, 0.3) is 0 Å². The van der Waals surface area contributed by atoms with E-state index in [1.54, 1.807) is 22.3 Å². The second kappa shape index (κ2) is 15.0. The second-order valence-corrected chi connectivity index (χ2v) is 55.6. The number of halogens is 2. The summed E-state index contributed by atoms with van der Waals surface area (Å²) < 4.78 is 3.78. The summed E-state index contributed by atoms with van der Waals surface area (Å²) in [4.78, 5) is 0. The summed E-state index contributed by atoms with van der Waals surface area (Å²) in [6.07, 6.45) is 6.41. The number of hydrogen-bond acceptors (Lipinski definition) is 0. The van der Waals surface area contributed by atoms with Crippen LogP contribution in [0.5, 0.6) is 0 Å². The molecule has 0 heterocycles. The minimum absolute atomic E-state index is 0. The molecule has 0 saturated carbocycles. The maximum atomic E-state index is 2.67. The van der Waals surface area contributed by atoms with Gasteiger partial charge >= 0.3 is 305 Å². The molecule has 0 aliphatic heterocycles. The fraction of sp³-hybridized carbons (Fsp3) is 0.378. The smallest absolute Gasteiger partial charge is 0.147 e. The molecule has 2 aliphatic carbocycles. The maximum Gasteiger partial charge on any atom is -0.147 e. The number of aryl methyl sites for hydroxylation is 2. The minimum atomic E-state index is -3.81. The summed E-state index contributed by atoms with van der Waals surface area (Å²) in [5.41, 5.74) is 18.2. The predicted molar refractivity (Wildman–Crippen MR) is 241 cm³/mol. The Bertz CT molecular complexity index is 2070. The van der Waals surface area contributed by atoms with Gasteiger partial charge in [-0.25, -0.2) is 0 Å². The van der Waals surface area contributed by atoms with E-state index in [0.29, 0.717) is 7.25 Å². The molecule has 0 spiro atoms. The van der Waals surface area contributed by atoms with Gasteiger partial charge in [0.05, 0.1) is 0 Å². The van der Waals surface area contributed by atoms with Crippen LogP contribution >= 0.6 is 24.8 Å². The van der Waals surface area contributed by atoms with E-state index >= 15 is 0 Å². The number of fused-ring (bicyclic) bond motifs is 2. The van der Waals surface area contributed by atoms with Crippen LogP contribution in [0, 0.1) is 13.8 Å². The molecule has 0 amide bonds. The Labute approximate surface area is 327 Å². The molecule has 6 rings (SSSR count). The zero-order chi connectivity index (χ0) is 35.7. The van der Waals surface area contributed by atoms with Crippen LogP contribution in [-0.4, -0.2) is 23.0 Å². The largest absolute Gasteiger partial charge is 0.147 e. The summed E-state index contributed by atoms with van der Waals surface area (Å²) in [6.45, 7) is 32.1. The Hall–Kier alpha value is -1.53. The molecule has 0 fully saturated rings. The molecule has 2 aliphatic rings. The van der Waals surface area contributed by atoms with E-state index in [0.717, 1.165) is 6.42 Å². The van der Waals surface area contributed by atoms with Gasteiger partial charge in [-0.15, -0.1) is 24.8 Å². The van der Waals surface area contributed by atoms with E-state index in [1.807, 2.05) is 0 Å². The average molecular weight is 849 g/mol. The van der Waals surface area contributed by atoms with E-state index in [9.17, 15) is 0 Å². The van der Waals surface area contributed by atoms with Gasteiger partial charge in [0.1, 0.15) is 0 Å². The van der Waals surface area contributed by atoms with E-state index in [2.05, 4.69) is 173 Å². The summed E-state index contributed by atoms with van der Waals surface area (Å²) in [5, 5.41) is 3.07. The maximum absolute atomic E-state index is 3.81. The molecule has 4 aromatic carbocycles. The van der Waals surface area contributed by atoms with Gasteiger partial charge in [-0.05, 0) is 0 Å². The minimum Gasteiger partial charge on any atom is -0.147 e. The SMILES string of the molecule is CCC1=Cc2c(-c3ccc([Si](C)(C)C)cc3)ccc(C)c2[CH]1[Zr](=[SiH2])([CH2]C)([CH2]C)[CH]1C(C)=Cc2c(-c3ccc([Si](C)(C)C)cc3)ccc(C)c21.Cl.Cl. The van der Waals surface area contributed by atoms with E-state index in [-0.39, 0.29) is 24.8 Å². The van der Waals surface area contributed by atoms with Crippen molar-refractivity contribution in [2.24, 2.45) is 0 Å². The average Bonchev–Trinajstić information content (AvgIpc) is 3.65. The molecule has 0 saturated heterocycles. The summed E-state index contributed by atoms with van der Waals surface area (Å²) >= 11 is -3.81. The molecule has 2 unspecified atom stereocenters. The molecular formula is C45H62Cl2Si3Zr. The van der Waals surface area contributed by atoms with Crippen LogP contribution in [0.25, 0.3) is 34.4 Å². The zero-order valence-electron chi connectivity index (χ0n) is 33.4. The van der Waals surface area contributed by atoms with Crippen LogP contribution < -0.4 is 10.4 Å². The predicted octanol–water partition coefficient (Wildman–Crippen LogP) is 12.7. The first kappa shape index (κ1) is 42.2. The molecule has 0 aromatic heterocycles. The van der Waals surface area contributed by atoms with Crippen LogP contribution in [-0.2, 0) is 17.4 Å². The second-order valence-electron chi connectivity index (χ2n) is 17.8. The molecule has 6 heteroatoms. The van der Waals surface area contributed by atoms with Crippen molar-refractivity contribution < 1.29 is 17.4 Å². The van der Waals surface area contributed by atoms with Crippen LogP contribution in [0.1, 0.15) is 74.7 Å². The Morgan fingerprint density at radius 1 is 0.549 bits per heavy atom. The molecule has 2 atom stereocenters. The van der Waals surface area contributed by atoms with Crippen LogP contribution in [0.2, 0.25) is 47.5 Å². The summed E-state index contributed by atoms with van der Waals surface area (Å²) in [7, 11) is -2.71. The molecular weight excluding hydrogens is 787 g/mol. The fourth-order valence-electron chi connectivity index (χ4n) is 9.80. The first-order valence-corrected chi connectivity index (χ1v) is 38.1. The van der Waals surface area contributed by atoms with Crippen molar-refractivity contribution in [1.82, 2.24) is 0 Å². The van der Waals surface area contributed by atoms with Crippen molar-refractivity contribution in [3.8, 4) is 22.3 Å². The van der Waals surface area contributed by atoms with Crippen molar-refractivity contribution in [3.05, 3.63) is 117 Å². The van der Waals surface area contributed by atoms with E-state index in [1.165, 1.54) is 63.1 Å². The quantitative estimate of drug-likeness (QED) is 0.147. The Morgan fingerprint density at radius 2 is 0.941 bits per heavy atom. The van der Waals surface area contributed by atoms with Gasteiger partial charge in [0, 0.05) is 0 Å². The number of rotatable bonds is 9. The van der Waals surface area contributed by atoms with Crippen molar-refractivity contribution >= 4 is 70.4 Å². The van der Waals surface area contributed by atoms with Gasteiger partial charge in [-0.3, -0.25) is 0 Å². The molecule has 272 valence electrons. The van der Waals surface area contributed by atoms with Crippen LogP contribution in [0.15, 0.2) is 83.9 Å². The number of hydrogen-bond donors (Lipinski definition) is 0. The topological polar surface area (TPSA) is 0 Å². The normalized spacial score (nSPS) is 17.2. The Balaban J connectivity index is 0.00000292. The third-order valence-corrected chi connectivity index (χ3v) is 47.9. The first-order chi connectivity index (χ1) is 23.0. The number of benzene rings is 4. The Kier molecular flexibility index (Phi) is 12.4. The molecule has 0 N–H and O–H groups in total. The molecule has 0 bridgehead atoms. The monoisotopic (exact) mass is 846 g/mol. The van der Waals surface area contributed by atoms with Gasteiger partial charge in [-0.2, -0.15) is 0 Å². The summed E-state index contributed by atoms with van der Waals surface area (Å²) in [5.74, 6) is 0. The standard InChI is InChI=1S/C21H25Si.C20H23Si.2C2H5.2ClH.H2Si.Zr/c1-6-16-13-20-15(2)7-12-19(21(20)14-16)17-8-10-18(11-9-17)22(3,4)5;1-14-12-19-15(2)6-11-18(20(19)13-14)16-7-9-17(10-8-16)21(3,4)5;2*1-2;;;;/h7-14H,6H2,1-5H3;6-13H,1-5H3;2*1H2,2H3;2*1H;1H2;. The van der Waals surface area contributed by atoms with Gasteiger partial charge in [0.2, 0.25) is 0 Å². The van der Waals surface area contributed by atoms with Crippen molar-refractivity contribution in [2.45, 2.75) is 103 Å². The zero-order valence-corrected chi connectivity index (χ0v) is 40.9. The fourth-order valence-corrected chi connectivity index (χ4v) is 36.2. The first-order valence-electron chi connectivity index (χ1n) is 18.9. The number of allylic oxidation sites excluding steroid dienone is 2. The third-order valence-electron chi connectivity index (χ3n) is 13.0. The van der Waals surface area contributed by atoms with Crippen LogP contribution in [0.3, 0.4) is 0 Å². The molecule has 0 nitrogen and oxygen atoms in total. The van der Waals surface area contributed by atoms with Gasteiger partial charge in [-0.1, -0.05) is 0 Å². The van der Waals surface area contributed by atoms with E-state index < -0.39 is 33.5 Å². The molecule has 4 aromatic rings. The Morgan fingerprint density at radius 3 is 1.31 bits per heavy atom. The third kappa shape index (κ3) is 6.98. The van der Waals surface area contributed by atoms with Gasteiger partial charge in [0.15, 0.2) is 0 Å². The summed E-state index contributed by atoms with van der Waals surface area (Å²) in [6, 6.07) is 29.0. The van der Waals surface area contributed by atoms with Gasteiger partial charge < -0.3 is 0 Å². The molecule has 0 radical (unpaired) electrons. The van der Waals surface area contributed by atoms with Crippen molar-refractivity contribution in [2.75, 3.05) is 0 Å². The van der Waals surface area contributed by atoms with Crippen molar-refractivity contribution in [1.29, 1.82) is 0 Å². The molecule has 51 heavy (non-hydrogen) atoms.